The first-order chi connectivity index (χ1) is 9.77. The first kappa shape index (κ1) is 14.0. The first-order valence-electron chi connectivity index (χ1n) is 6.18. The Kier molecular flexibility index (Phi) is 5.02. The third-order valence-electron chi connectivity index (χ3n) is 2.61. The molecule has 0 amide bonds. The van der Waals surface area contributed by atoms with Crippen LogP contribution in [0.5, 0.6) is 5.75 Å². The van der Waals surface area contributed by atoms with E-state index in [2.05, 4.69) is 15.3 Å². The van der Waals surface area contributed by atoms with Crippen LogP contribution in [-0.2, 0) is 6.54 Å². The van der Waals surface area contributed by atoms with E-state index in [0.29, 0.717) is 25.4 Å². The maximum Gasteiger partial charge on any atom is 0.339 e. The second-order valence-corrected chi connectivity index (χ2v) is 4.03. The Morgan fingerprint density at radius 2 is 2.10 bits per heavy atom. The van der Waals surface area contributed by atoms with E-state index in [1.54, 1.807) is 0 Å². The summed E-state index contributed by atoms with van der Waals surface area (Å²) >= 11 is 0. The van der Waals surface area contributed by atoms with Crippen molar-refractivity contribution in [3.8, 4) is 5.75 Å². The van der Waals surface area contributed by atoms with Gasteiger partial charge in [0.2, 0.25) is 0 Å². The van der Waals surface area contributed by atoms with Crippen LogP contribution in [0.2, 0.25) is 0 Å². The summed E-state index contributed by atoms with van der Waals surface area (Å²) in [5.41, 5.74) is 0.580. The van der Waals surface area contributed by atoms with E-state index in [4.69, 9.17) is 9.84 Å². The summed E-state index contributed by atoms with van der Waals surface area (Å²) in [7, 11) is 0. The number of ether oxygens (including phenoxy) is 1. The summed E-state index contributed by atoms with van der Waals surface area (Å²) in [4.78, 5) is 18.6. The smallest absolute Gasteiger partial charge is 0.339 e. The van der Waals surface area contributed by atoms with E-state index in [-0.39, 0.29) is 5.56 Å². The van der Waals surface area contributed by atoms with Crippen LogP contribution in [0.4, 0.5) is 0 Å². The average molecular weight is 273 g/mol. The number of nitrogens with one attached hydrogen (secondary N) is 1. The Bertz CT molecular complexity index is 561. The molecule has 2 N–H and O–H groups in total. The number of rotatable bonds is 7. The minimum atomic E-state index is -1.03. The van der Waals surface area contributed by atoms with Crippen molar-refractivity contribution >= 4 is 5.97 Å². The van der Waals surface area contributed by atoms with Crippen molar-refractivity contribution in [2.45, 2.75) is 6.54 Å². The lowest BCUT2D eigenvalue weighted by molar-refractivity contribution is 0.0694. The Morgan fingerprint density at radius 1 is 1.30 bits per heavy atom. The zero-order chi connectivity index (χ0) is 14.2. The lowest BCUT2D eigenvalue weighted by Crippen LogP contribution is -2.22. The molecule has 2 aromatic rings. The molecular formula is C14H15N3O3. The third-order valence-corrected chi connectivity index (χ3v) is 2.61. The van der Waals surface area contributed by atoms with E-state index in [1.165, 1.54) is 12.5 Å². The number of carbonyl (C=O) groups is 1. The lowest BCUT2D eigenvalue weighted by atomic mass is 10.2. The van der Waals surface area contributed by atoms with Crippen LogP contribution in [0.25, 0.3) is 0 Å². The van der Waals surface area contributed by atoms with Gasteiger partial charge in [-0.1, -0.05) is 18.2 Å². The van der Waals surface area contributed by atoms with Crippen molar-refractivity contribution in [1.29, 1.82) is 0 Å². The number of carboxylic acid groups (broad SMARTS) is 1. The van der Waals surface area contributed by atoms with Gasteiger partial charge in [0.25, 0.3) is 0 Å². The highest BCUT2D eigenvalue weighted by atomic mass is 16.5. The van der Waals surface area contributed by atoms with Crippen molar-refractivity contribution in [1.82, 2.24) is 15.3 Å². The molecule has 2 rings (SSSR count). The van der Waals surface area contributed by atoms with Gasteiger partial charge in [-0.05, 0) is 12.1 Å². The SMILES string of the molecule is O=C(O)c1cncnc1CNCCOc1ccccc1. The molecule has 6 heteroatoms. The molecule has 1 aromatic heterocycles. The Balaban J connectivity index is 1.75. The Morgan fingerprint density at radius 3 is 2.85 bits per heavy atom. The highest BCUT2D eigenvalue weighted by Crippen LogP contribution is 2.07. The monoisotopic (exact) mass is 273 g/mol. The molecular weight excluding hydrogens is 258 g/mol. The number of aromatic nitrogens is 2. The number of para-hydroxylation sites is 1. The molecule has 20 heavy (non-hydrogen) atoms. The van der Waals surface area contributed by atoms with Crippen LogP contribution >= 0.6 is 0 Å². The maximum absolute atomic E-state index is 11.0. The van der Waals surface area contributed by atoms with Gasteiger partial charge in [-0.15, -0.1) is 0 Å². The normalized spacial score (nSPS) is 10.2. The van der Waals surface area contributed by atoms with Crippen LogP contribution in [-0.4, -0.2) is 34.2 Å². The number of benzene rings is 1. The van der Waals surface area contributed by atoms with Crippen molar-refractivity contribution in [3.63, 3.8) is 0 Å². The van der Waals surface area contributed by atoms with Crippen LogP contribution in [0.15, 0.2) is 42.9 Å². The molecule has 0 saturated heterocycles. The third kappa shape index (κ3) is 4.03. The van der Waals surface area contributed by atoms with Gasteiger partial charge in [0, 0.05) is 19.3 Å². The standard InChI is InChI=1S/C14H15N3O3/c18-14(19)12-8-16-10-17-13(12)9-15-6-7-20-11-4-2-1-3-5-11/h1-5,8,10,15H,6-7,9H2,(H,18,19). The lowest BCUT2D eigenvalue weighted by Gasteiger charge is -2.08. The van der Waals surface area contributed by atoms with Gasteiger partial charge in [-0.3, -0.25) is 0 Å². The second-order valence-electron chi connectivity index (χ2n) is 4.03. The van der Waals surface area contributed by atoms with Crippen LogP contribution in [0, 0.1) is 0 Å². The number of hydrogen-bond donors (Lipinski definition) is 2. The van der Waals surface area contributed by atoms with Crippen molar-refractivity contribution in [2.75, 3.05) is 13.2 Å². The van der Waals surface area contributed by atoms with Crippen molar-refractivity contribution < 1.29 is 14.6 Å². The number of nitrogens with zero attached hydrogens (tertiary/aromatic N) is 2. The fourth-order valence-corrected chi connectivity index (χ4v) is 1.64. The van der Waals surface area contributed by atoms with Gasteiger partial charge in [0.15, 0.2) is 0 Å². The summed E-state index contributed by atoms with van der Waals surface area (Å²) in [5.74, 6) is -0.217. The molecule has 0 aliphatic heterocycles. The zero-order valence-electron chi connectivity index (χ0n) is 10.8. The Labute approximate surface area is 116 Å². The minimum absolute atomic E-state index is 0.115. The molecule has 0 bridgehead atoms. The van der Waals surface area contributed by atoms with Crippen LogP contribution < -0.4 is 10.1 Å². The minimum Gasteiger partial charge on any atom is -0.492 e. The summed E-state index contributed by atoms with van der Waals surface area (Å²) in [5, 5.41) is 12.1. The molecule has 104 valence electrons. The number of aromatic carboxylic acids is 1. The van der Waals surface area contributed by atoms with Gasteiger partial charge < -0.3 is 15.2 Å². The van der Waals surface area contributed by atoms with E-state index in [1.807, 2.05) is 30.3 Å². The number of hydrogen-bond acceptors (Lipinski definition) is 5. The molecule has 0 radical (unpaired) electrons. The van der Waals surface area contributed by atoms with Gasteiger partial charge >= 0.3 is 5.97 Å². The molecule has 1 aromatic carbocycles. The topological polar surface area (TPSA) is 84.3 Å². The molecule has 0 unspecified atom stereocenters. The predicted molar refractivity (Wildman–Crippen MR) is 72.6 cm³/mol. The van der Waals surface area contributed by atoms with Gasteiger partial charge in [0.05, 0.1) is 5.69 Å². The maximum atomic E-state index is 11.0. The van der Waals surface area contributed by atoms with Crippen molar-refractivity contribution in [2.24, 2.45) is 0 Å². The molecule has 0 aliphatic carbocycles. The largest absolute Gasteiger partial charge is 0.492 e. The first-order valence-corrected chi connectivity index (χ1v) is 6.18. The Hall–Kier alpha value is -2.47. The molecule has 0 saturated carbocycles. The molecule has 0 aliphatic rings. The van der Waals surface area contributed by atoms with E-state index in [0.717, 1.165) is 5.75 Å². The molecule has 0 spiro atoms. The van der Waals surface area contributed by atoms with Gasteiger partial charge in [-0.2, -0.15) is 0 Å². The molecule has 0 atom stereocenters. The van der Waals surface area contributed by atoms with E-state index < -0.39 is 5.97 Å². The van der Waals surface area contributed by atoms with E-state index in [9.17, 15) is 4.79 Å². The molecule has 1 heterocycles. The average Bonchev–Trinajstić information content (AvgIpc) is 2.48. The summed E-state index contributed by atoms with van der Waals surface area (Å²) in [6.07, 6.45) is 2.64. The van der Waals surface area contributed by atoms with Crippen molar-refractivity contribution in [3.05, 3.63) is 54.1 Å². The summed E-state index contributed by atoms with van der Waals surface area (Å²) in [6, 6.07) is 9.50. The molecule has 6 nitrogen and oxygen atoms in total. The predicted octanol–water partition coefficient (Wildman–Crippen LogP) is 1.34. The van der Waals surface area contributed by atoms with E-state index >= 15 is 0 Å². The second kappa shape index (κ2) is 7.20. The van der Waals surface area contributed by atoms with Gasteiger partial charge in [0.1, 0.15) is 24.2 Å². The fourth-order valence-electron chi connectivity index (χ4n) is 1.64. The van der Waals surface area contributed by atoms with Gasteiger partial charge in [-0.25, -0.2) is 14.8 Å². The zero-order valence-corrected chi connectivity index (χ0v) is 10.8. The highest BCUT2D eigenvalue weighted by molar-refractivity contribution is 5.88. The highest BCUT2D eigenvalue weighted by Gasteiger charge is 2.10. The number of carboxylic acids is 1. The van der Waals surface area contributed by atoms with Crippen LogP contribution in [0.3, 0.4) is 0 Å². The quantitative estimate of drug-likeness (QED) is 0.741. The summed E-state index contributed by atoms with van der Waals surface area (Å²) < 4.78 is 5.51. The van der Waals surface area contributed by atoms with Crippen LogP contribution in [0.1, 0.15) is 16.1 Å². The molecule has 0 fully saturated rings. The fraction of sp³-hybridized carbons (Fsp3) is 0.214. The summed E-state index contributed by atoms with van der Waals surface area (Å²) in [6.45, 7) is 1.46.